The molecule has 3 aliphatic carbocycles. The van der Waals surface area contributed by atoms with Crippen molar-refractivity contribution in [2.24, 2.45) is 17.6 Å². The number of carbonyl (C=O) groups excluding carboxylic acids is 4. The standard InChI is InChI=1S/C27H35N5O9.ClH/c1-31(2)15-9-14(30-16(34)10-29-5-6-33)21(35)18-12(15)7-11-8-13-20(32(3)4)23(37)19(26(28)40)25(39)27(13,41)24(38)17(11)22(18)36;/h9,11,13,20,29,33,35-36,39,41H,5-8,10H2,1-4H3,(H2,28,40)(H,30,34);1H/t11?,13?,20-,27-;/m0./s1. The van der Waals surface area contributed by atoms with E-state index in [1.807, 2.05) is 0 Å². The fourth-order valence-corrected chi connectivity index (χ4v) is 6.26. The SMILES string of the molecule is CN(C)c1cc(NC(=O)CNCCO)c(O)c2c1CC1CC3[C@H](N(C)C)C(=O)C(C(N)=O)=C(O)[C@@]3(O)C(=O)C1=C2O.Cl. The number of benzene rings is 1. The van der Waals surface area contributed by atoms with E-state index in [4.69, 9.17) is 10.8 Å². The lowest BCUT2D eigenvalue weighted by atomic mass is 9.57. The molecule has 1 saturated carbocycles. The summed E-state index contributed by atoms with van der Waals surface area (Å²) in [6, 6.07) is 0.351. The van der Waals surface area contributed by atoms with Crippen molar-refractivity contribution in [1.29, 1.82) is 0 Å². The van der Waals surface area contributed by atoms with Crippen LogP contribution in [0.5, 0.6) is 5.75 Å². The van der Waals surface area contributed by atoms with Crippen LogP contribution in [0.3, 0.4) is 0 Å². The number of ketones is 2. The molecule has 3 aliphatic rings. The first-order chi connectivity index (χ1) is 19.2. The third kappa shape index (κ3) is 4.98. The van der Waals surface area contributed by atoms with Crippen molar-refractivity contribution in [2.75, 3.05) is 58.1 Å². The number of aliphatic hydroxyl groups excluding tert-OH is 3. The van der Waals surface area contributed by atoms with E-state index < -0.39 is 69.7 Å². The summed E-state index contributed by atoms with van der Waals surface area (Å²) in [5.74, 6) is -8.03. The van der Waals surface area contributed by atoms with Gasteiger partial charge in [-0.05, 0) is 44.5 Å². The van der Waals surface area contributed by atoms with Crippen LogP contribution in [-0.4, -0.2) is 113 Å². The van der Waals surface area contributed by atoms with Crippen molar-refractivity contribution in [1.82, 2.24) is 10.2 Å². The van der Waals surface area contributed by atoms with E-state index in [-0.39, 0.29) is 61.8 Å². The van der Waals surface area contributed by atoms with E-state index in [0.29, 0.717) is 11.3 Å². The van der Waals surface area contributed by atoms with E-state index in [1.54, 1.807) is 19.0 Å². The van der Waals surface area contributed by atoms with Gasteiger partial charge in [0.1, 0.15) is 22.8 Å². The first kappa shape index (κ1) is 32.8. The second-order valence-electron chi connectivity index (χ2n) is 10.9. The Morgan fingerprint density at radius 3 is 2.33 bits per heavy atom. The minimum Gasteiger partial charge on any atom is -0.508 e. The summed E-state index contributed by atoms with van der Waals surface area (Å²) >= 11 is 0. The molecule has 0 saturated heterocycles. The normalized spacial score (nSPS) is 25.0. The molecule has 2 amide bonds. The van der Waals surface area contributed by atoms with Gasteiger partial charge in [0.25, 0.3) is 5.91 Å². The van der Waals surface area contributed by atoms with Gasteiger partial charge in [0, 0.05) is 37.8 Å². The number of amides is 2. The quantitative estimate of drug-likeness (QED) is 0.101. The van der Waals surface area contributed by atoms with Crippen molar-refractivity contribution in [2.45, 2.75) is 24.5 Å². The molecule has 42 heavy (non-hydrogen) atoms. The van der Waals surface area contributed by atoms with Gasteiger partial charge in [-0.15, -0.1) is 12.4 Å². The molecule has 1 aromatic carbocycles. The average Bonchev–Trinajstić information content (AvgIpc) is 2.87. The topological polar surface area (TPSA) is 226 Å². The van der Waals surface area contributed by atoms with E-state index in [1.165, 1.54) is 25.1 Å². The Hall–Kier alpha value is -3.69. The minimum atomic E-state index is -2.74. The molecule has 1 aromatic rings. The number of primary amides is 1. The number of Topliss-reactive ketones (excluding diaryl/α,β-unsaturated/α-hetero) is 2. The maximum absolute atomic E-state index is 14.0. The number of fused-ring (bicyclic) bond motifs is 3. The van der Waals surface area contributed by atoms with Crippen molar-refractivity contribution in [3.63, 3.8) is 0 Å². The van der Waals surface area contributed by atoms with Crippen LogP contribution in [0, 0.1) is 11.8 Å². The molecule has 2 unspecified atom stereocenters. The predicted molar refractivity (Wildman–Crippen MR) is 154 cm³/mol. The van der Waals surface area contributed by atoms with Crippen molar-refractivity contribution >= 4 is 52.9 Å². The lowest BCUT2D eigenvalue weighted by molar-refractivity contribution is -0.153. The minimum absolute atomic E-state index is 0. The van der Waals surface area contributed by atoms with Gasteiger partial charge in [-0.3, -0.25) is 24.1 Å². The molecular weight excluding hydrogens is 574 g/mol. The number of likely N-dealkylation sites (N-methyl/N-ethyl adjacent to an activating group) is 1. The van der Waals surface area contributed by atoms with Crippen LogP contribution in [0.15, 0.2) is 23.0 Å². The van der Waals surface area contributed by atoms with Crippen LogP contribution in [0.2, 0.25) is 0 Å². The molecule has 0 aromatic heterocycles. The van der Waals surface area contributed by atoms with Gasteiger partial charge in [-0.2, -0.15) is 0 Å². The maximum atomic E-state index is 14.0. The summed E-state index contributed by atoms with van der Waals surface area (Å²) in [5.41, 5.74) is 2.24. The van der Waals surface area contributed by atoms with Gasteiger partial charge in [0.15, 0.2) is 11.4 Å². The Morgan fingerprint density at radius 2 is 1.79 bits per heavy atom. The molecule has 0 heterocycles. The number of nitrogens with two attached hydrogens (primary N) is 1. The van der Waals surface area contributed by atoms with Crippen LogP contribution in [0.4, 0.5) is 11.4 Å². The smallest absolute Gasteiger partial charge is 0.255 e. The molecular formula is C27H36ClN5O9. The third-order valence-electron chi connectivity index (χ3n) is 8.03. The third-order valence-corrected chi connectivity index (χ3v) is 8.03. The summed E-state index contributed by atoms with van der Waals surface area (Å²) in [4.78, 5) is 54.9. The van der Waals surface area contributed by atoms with Gasteiger partial charge in [0.2, 0.25) is 11.7 Å². The lowest BCUT2D eigenvalue weighted by Crippen LogP contribution is -2.65. The van der Waals surface area contributed by atoms with Gasteiger partial charge in [-0.25, -0.2) is 0 Å². The van der Waals surface area contributed by atoms with Crippen molar-refractivity contribution < 1.29 is 44.7 Å². The lowest BCUT2D eigenvalue weighted by Gasteiger charge is -2.50. The summed E-state index contributed by atoms with van der Waals surface area (Å²) in [6.45, 7) is -0.178. The second-order valence-corrected chi connectivity index (χ2v) is 10.9. The summed E-state index contributed by atoms with van der Waals surface area (Å²) in [6.07, 6.45) is 0.0797. The monoisotopic (exact) mass is 609 g/mol. The van der Waals surface area contributed by atoms with Gasteiger partial charge < -0.3 is 46.8 Å². The van der Waals surface area contributed by atoms with Crippen molar-refractivity contribution in [3.05, 3.63) is 34.1 Å². The molecule has 0 aliphatic heterocycles. The second kappa shape index (κ2) is 11.9. The number of aliphatic hydroxyl groups is 4. The number of nitrogens with one attached hydrogen (secondary N) is 2. The van der Waals surface area contributed by atoms with E-state index in [2.05, 4.69) is 10.6 Å². The Labute approximate surface area is 247 Å². The highest BCUT2D eigenvalue weighted by molar-refractivity contribution is 6.24. The summed E-state index contributed by atoms with van der Waals surface area (Å²) in [5, 5.41) is 59.5. The number of carbonyl (C=O) groups is 4. The zero-order chi connectivity index (χ0) is 30.5. The van der Waals surface area contributed by atoms with Crippen LogP contribution >= 0.6 is 12.4 Å². The molecule has 4 rings (SSSR count). The van der Waals surface area contributed by atoms with Crippen LogP contribution in [0.25, 0.3) is 5.76 Å². The summed E-state index contributed by atoms with van der Waals surface area (Å²) in [7, 11) is 6.51. The Morgan fingerprint density at radius 1 is 1.14 bits per heavy atom. The number of nitrogens with zero attached hydrogens (tertiary/aromatic N) is 2. The first-order valence-corrected chi connectivity index (χ1v) is 13.0. The summed E-state index contributed by atoms with van der Waals surface area (Å²) < 4.78 is 0. The maximum Gasteiger partial charge on any atom is 0.255 e. The number of phenols is 1. The zero-order valence-corrected chi connectivity index (χ0v) is 24.4. The van der Waals surface area contributed by atoms with E-state index >= 15 is 0 Å². The zero-order valence-electron chi connectivity index (χ0n) is 23.6. The van der Waals surface area contributed by atoms with Gasteiger partial charge in [0.05, 0.1) is 30.4 Å². The van der Waals surface area contributed by atoms with E-state index in [9.17, 15) is 39.6 Å². The highest BCUT2D eigenvalue weighted by Gasteiger charge is 2.64. The van der Waals surface area contributed by atoms with Crippen LogP contribution in [0.1, 0.15) is 17.5 Å². The molecule has 0 bridgehead atoms. The molecule has 15 heteroatoms. The number of hydrogen-bond acceptors (Lipinski definition) is 12. The number of anilines is 2. The van der Waals surface area contributed by atoms with Crippen LogP contribution in [-0.2, 0) is 25.6 Å². The number of hydrogen-bond donors (Lipinski definition) is 8. The molecule has 0 radical (unpaired) electrons. The number of phenolic OH excluding ortho intramolecular Hbond substituents is 1. The first-order valence-electron chi connectivity index (χ1n) is 13.0. The molecule has 0 spiro atoms. The van der Waals surface area contributed by atoms with Gasteiger partial charge in [-0.1, -0.05) is 0 Å². The van der Waals surface area contributed by atoms with Crippen molar-refractivity contribution in [3.8, 4) is 5.75 Å². The molecule has 230 valence electrons. The fraction of sp³-hybridized carbons (Fsp3) is 0.481. The predicted octanol–water partition coefficient (Wildman–Crippen LogP) is -1.03. The van der Waals surface area contributed by atoms with Crippen LogP contribution < -0.4 is 21.3 Å². The molecule has 4 atom stereocenters. The fourth-order valence-electron chi connectivity index (χ4n) is 6.26. The Bertz CT molecular complexity index is 1410. The number of aromatic hydroxyl groups is 1. The Kier molecular flexibility index (Phi) is 9.29. The number of halogens is 1. The largest absolute Gasteiger partial charge is 0.508 e. The molecule has 1 fully saturated rings. The number of rotatable bonds is 8. The average molecular weight is 610 g/mol. The van der Waals surface area contributed by atoms with E-state index in [0.717, 1.165) is 0 Å². The van der Waals surface area contributed by atoms with Gasteiger partial charge >= 0.3 is 0 Å². The highest BCUT2D eigenvalue weighted by atomic mass is 35.5. The Balaban J connectivity index is 0.00000484. The highest BCUT2D eigenvalue weighted by Crippen LogP contribution is 2.54. The molecule has 14 nitrogen and oxygen atoms in total. The molecule has 9 N–H and O–H groups in total.